The number of epoxide rings is 1. The second-order valence-corrected chi connectivity index (χ2v) is 6.89. The Morgan fingerprint density at radius 1 is 1.19 bits per heavy atom. The third-order valence-corrected chi connectivity index (χ3v) is 4.74. The fourth-order valence-corrected chi connectivity index (χ4v) is 3.42. The molecule has 1 unspecified atom stereocenters. The van der Waals surface area contributed by atoms with E-state index in [0.717, 1.165) is 25.3 Å². The monoisotopic (exact) mass is 360 g/mol. The number of phenols is 2. The van der Waals surface area contributed by atoms with Gasteiger partial charge in [-0.25, -0.2) is 4.79 Å². The van der Waals surface area contributed by atoms with Crippen molar-refractivity contribution in [3.8, 4) is 11.5 Å². The predicted molar refractivity (Wildman–Crippen MR) is 94.2 cm³/mol. The summed E-state index contributed by atoms with van der Waals surface area (Å²) in [5.74, 6) is -1.47. The molecule has 1 saturated heterocycles. The van der Waals surface area contributed by atoms with E-state index in [9.17, 15) is 19.8 Å². The molecule has 0 saturated carbocycles. The lowest BCUT2D eigenvalue weighted by Crippen LogP contribution is -2.22. The number of allylic oxidation sites excluding steroid dienone is 2. The number of carbonyl (C=O) groups is 2. The molecule has 3 atom stereocenters. The average molecular weight is 360 g/mol. The fraction of sp³-hybridized carbons (Fsp3) is 0.500. The lowest BCUT2D eigenvalue weighted by atomic mass is 9.99. The maximum Gasteiger partial charge on any atom is 0.342 e. The van der Waals surface area contributed by atoms with Crippen molar-refractivity contribution in [3.63, 3.8) is 0 Å². The Hall–Kier alpha value is -2.34. The van der Waals surface area contributed by atoms with E-state index in [4.69, 9.17) is 9.47 Å². The molecule has 0 spiro atoms. The molecular weight excluding hydrogens is 336 g/mol. The summed E-state index contributed by atoms with van der Waals surface area (Å²) in [5.41, 5.74) is 0.200. The third-order valence-electron chi connectivity index (χ3n) is 4.74. The highest BCUT2D eigenvalue weighted by Crippen LogP contribution is 2.34. The van der Waals surface area contributed by atoms with Crippen molar-refractivity contribution in [1.29, 1.82) is 0 Å². The molecule has 2 aliphatic rings. The minimum atomic E-state index is -0.679. The van der Waals surface area contributed by atoms with Crippen LogP contribution in [0.4, 0.5) is 0 Å². The summed E-state index contributed by atoms with van der Waals surface area (Å²) in [5, 5.41) is 19.9. The number of rotatable bonds is 2. The van der Waals surface area contributed by atoms with Gasteiger partial charge >= 0.3 is 5.97 Å². The fourth-order valence-electron chi connectivity index (χ4n) is 3.42. The molecule has 2 aliphatic heterocycles. The molecule has 1 fully saturated rings. The van der Waals surface area contributed by atoms with Gasteiger partial charge in [-0.3, -0.25) is 4.79 Å². The Labute approximate surface area is 152 Å². The molecule has 0 amide bonds. The highest BCUT2D eigenvalue weighted by molar-refractivity contribution is 5.98. The molecule has 26 heavy (non-hydrogen) atoms. The number of aromatic hydroxyl groups is 2. The molecule has 1 aromatic carbocycles. The van der Waals surface area contributed by atoms with Crippen LogP contribution in [0.5, 0.6) is 11.5 Å². The van der Waals surface area contributed by atoms with Crippen LogP contribution in [-0.4, -0.2) is 40.3 Å². The maximum atomic E-state index is 12.7. The average Bonchev–Trinajstić information content (AvgIpc) is 3.28. The van der Waals surface area contributed by atoms with E-state index in [1.807, 2.05) is 6.92 Å². The highest BCUT2D eigenvalue weighted by Gasteiger charge is 2.40. The SMILES string of the molecule is CCC[C@@H]1C[C@@H]2OC2CC/C=C/C(=O)Cc2cc(O)cc(O)c2C(=O)O1. The van der Waals surface area contributed by atoms with E-state index >= 15 is 0 Å². The summed E-state index contributed by atoms with van der Waals surface area (Å²) >= 11 is 0. The van der Waals surface area contributed by atoms with Gasteiger partial charge in [-0.15, -0.1) is 0 Å². The van der Waals surface area contributed by atoms with Crippen molar-refractivity contribution in [2.24, 2.45) is 0 Å². The summed E-state index contributed by atoms with van der Waals surface area (Å²) in [7, 11) is 0. The Morgan fingerprint density at radius 2 is 2.00 bits per heavy atom. The van der Waals surface area contributed by atoms with Crippen LogP contribution in [0.2, 0.25) is 0 Å². The number of ether oxygens (including phenoxy) is 2. The van der Waals surface area contributed by atoms with Crippen LogP contribution in [-0.2, 0) is 20.7 Å². The number of hydrogen-bond donors (Lipinski definition) is 2. The molecule has 0 aromatic heterocycles. The first-order valence-electron chi connectivity index (χ1n) is 9.08. The van der Waals surface area contributed by atoms with Crippen molar-refractivity contribution >= 4 is 11.8 Å². The standard InChI is InChI=1S/C20H24O6/c1-2-5-15-11-18-17(26-18)7-4-3-6-13(21)8-12-9-14(22)10-16(23)19(12)20(24)25-15/h3,6,9-10,15,17-18,22-23H,2,4-5,7-8,11H2,1H3/b6-3+/t15-,17?,18+/m1/s1. The van der Waals surface area contributed by atoms with Crippen LogP contribution >= 0.6 is 0 Å². The first-order valence-corrected chi connectivity index (χ1v) is 9.08. The molecule has 1 aromatic rings. The van der Waals surface area contributed by atoms with Crippen LogP contribution < -0.4 is 0 Å². The van der Waals surface area contributed by atoms with E-state index in [0.29, 0.717) is 12.8 Å². The zero-order valence-electron chi connectivity index (χ0n) is 14.8. The topological polar surface area (TPSA) is 96.4 Å². The van der Waals surface area contributed by atoms with Crippen LogP contribution in [0, 0.1) is 0 Å². The Bertz CT molecular complexity index is 723. The quantitative estimate of drug-likeness (QED) is 0.622. The largest absolute Gasteiger partial charge is 0.508 e. The first kappa shape index (κ1) is 18.5. The van der Waals surface area contributed by atoms with E-state index in [2.05, 4.69) is 0 Å². The highest BCUT2D eigenvalue weighted by atomic mass is 16.6. The number of hydrogen-bond acceptors (Lipinski definition) is 6. The van der Waals surface area contributed by atoms with Crippen LogP contribution in [0.3, 0.4) is 0 Å². The first-order chi connectivity index (χ1) is 12.5. The number of fused-ring (bicyclic) bond motifs is 2. The van der Waals surface area contributed by atoms with Gasteiger partial charge in [-0.05, 0) is 37.0 Å². The Morgan fingerprint density at radius 3 is 2.77 bits per heavy atom. The van der Waals surface area contributed by atoms with E-state index < -0.39 is 5.97 Å². The maximum absolute atomic E-state index is 12.7. The summed E-state index contributed by atoms with van der Waals surface area (Å²) in [6, 6.07) is 2.40. The zero-order valence-corrected chi connectivity index (χ0v) is 14.8. The Kier molecular flexibility index (Phi) is 5.61. The van der Waals surface area contributed by atoms with Gasteiger partial charge in [0.05, 0.1) is 12.2 Å². The normalized spacial score (nSPS) is 27.7. The molecular formula is C20H24O6. The summed E-state index contributed by atoms with van der Waals surface area (Å²) in [6.07, 6.45) is 6.84. The summed E-state index contributed by atoms with van der Waals surface area (Å²) in [6.45, 7) is 2.01. The van der Waals surface area contributed by atoms with Gasteiger partial charge in [0.1, 0.15) is 23.2 Å². The van der Waals surface area contributed by atoms with Crippen molar-refractivity contribution in [2.45, 2.75) is 63.8 Å². The van der Waals surface area contributed by atoms with Gasteiger partial charge in [-0.1, -0.05) is 19.4 Å². The van der Waals surface area contributed by atoms with Gasteiger partial charge in [0, 0.05) is 18.9 Å². The Balaban J connectivity index is 1.92. The molecule has 140 valence electrons. The van der Waals surface area contributed by atoms with Crippen molar-refractivity contribution < 1.29 is 29.3 Å². The molecule has 2 heterocycles. The second-order valence-electron chi connectivity index (χ2n) is 6.89. The predicted octanol–water partition coefficient (Wildman–Crippen LogP) is 3.04. The lowest BCUT2D eigenvalue weighted by Gasteiger charge is -2.18. The smallest absolute Gasteiger partial charge is 0.342 e. The van der Waals surface area contributed by atoms with Gasteiger partial charge in [0.15, 0.2) is 5.78 Å². The van der Waals surface area contributed by atoms with Crippen molar-refractivity contribution in [3.05, 3.63) is 35.4 Å². The second kappa shape index (κ2) is 7.91. The molecule has 0 bridgehead atoms. The van der Waals surface area contributed by atoms with Gasteiger partial charge in [-0.2, -0.15) is 0 Å². The molecule has 2 N–H and O–H groups in total. The van der Waals surface area contributed by atoms with Crippen LogP contribution in [0.1, 0.15) is 54.9 Å². The minimum Gasteiger partial charge on any atom is -0.508 e. The summed E-state index contributed by atoms with van der Waals surface area (Å²) < 4.78 is 11.3. The zero-order chi connectivity index (χ0) is 18.7. The number of carbonyl (C=O) groups excluding carboxylic acids is 2. The number of phenolic OH excluding ortho intramolecular Hbond substituents is 2. The van der Waals surface area contributed by atoms with Crippen LogP contribution in [0.25, 0.3) is 0 Å². The third kappa shape index (κ3) is 4.43. The molecule has 6 nitrogen and oxygen atoms in total. The lowest BCUT2D eigenvalue weighted by molar-refractivity contribution is -0.114. The van der Waals surface area contributed by atoms with Crippen molar-refractivity contribution in [2.75, 3.05) is 0 Å². The number of esters is 1. The molecule has 6 heteroatoms. The van der Waals surface area contributed by atoms with Gasteiger partial charge in [0.25, 0.3) is 0 Å². The number of ketones is 1. The van der Waals surface area contributed by atoms with Gasteiger partial charge in [0.2, 0.25) is 0 Å². The molecule has 3 rings (SSSR count). The van der Waals surface area contributed by atoms with E-state index in [1.54, 1.807) is 6.08 Å². The van der Waals surface area contributed by atoms with Crippen LogP contribution in [0.15, 0.2) is 24.3 Å². The molecule has 0 radical (unpaired) electrons. The summed E-state index contributed by atoms with van der Waals surface area (Å²) in [4.78, 5) is 24.9. The van der Waals surface area contributed by atoms with E-state index in [1.165, 1.54) is 12.1 Å². The molecule has 0 aliphatic carbocycles. The minimum absolute atomic E-state index is 0.0593. The number of cyclic esters (lactones) is 1. The van der Waals surface area contributed by atoms with Crippen molar-refractivity contribution in [1.82, 2.24) is 0 Å². The van der Waals surface area contributed by atoms with Gasteiger partial charge < -0.3 is 19.7 Å². The van der Waals surface area contributed by atoms with E-state index in [-0.39, 0.29) is 53.1 Å². The number of benzene rings is 1.